The van der Waals surface area contributed by atoms with Gasteiger partial charge in [-0.3, -0.25) is 4.68 Å². The van der Waals surface area contributed by atoms with Crippen LogP contribution in [0.25, 0.3) is 10.9 Å². The van der Waals surface area contributed by atoms with Crippen LogP contribution in [0.4, 0.5) is 0 Å². The van der Waals surface area contributed by atoms with Crippen molar-refractivity contribution in [3.63, 3.8) is 0 Å². The molecule has 0 saturated carbocycles. The fourth-order valence-electron chi connectivity index (χ4n) is 4.06. The molecular formula is C20H26N4O. The number of hydrogen-bond acceptors (Lipinski definition) is 3. The Morgan fingerprint density at radius 2 is 2.20 bits per heavy atom. The van der Waals surface area contributed by atoms with E-state index in [1.807, 2.05) is 17.9 Å². The van der Waals surface area contributed by atoms with E-state index in [0.717, 1.165) is 31.8 Å². The molecule has 0 radical (unpaired) electrons. The molecule has 2 aromatic heterocycles. The number of H-pyrrole nitrogens is 1. The summed E-state index contributed by atoms with van der Waals surface area (Å²) < 4.78 is 8.05. The summed E-state index contributed by atoms with van der Waals surface area (Å²) in [4.78, 5) is 3.28. The average molecular weight is 338 g/mol. The zero-order valence-corrected chi connectivity index (χ0v) is 15.2. The average Bonchev–Trinajstić information content (AvgIpc) is 3.29. The fraction of sp³-hybridized carbons (Fsp3) is 0.450. The minimum absolute atomic E-state index is 0.157. The monoisotopic (exact) mass is 338 g/mol. The van der Waals surface area contributed by atoms with Crippen LogP contribution in [0.5, 0.6) is 0 Å². The molecule has 5 heteroatoms. The smallest absolute Gasteiger partial charge is 0.0901 e. The van der Waals surface area contributed by atoms with E-state index in [1.165, 1.54) is 27.7 Å². The molecule has 0 aliphatic carbocycles. The highest BCUT2D eigenvalue weighted by Gasteiger charge is 2.33. The number of nitrogens with zero attached hydrogens (tertiary/aromatic N) is 2. The van der Waals surface area contributed by atoms with E-state index < -0.39 is 0 Å². The molecule has 0 spiro atoms. The highest BCUT2D eigenvalue weighted by Crippen LogP contribution is 2.37. The second-order valence-electron chi connectivity index (χ2n) is 7.04. The number of nitrogens with one attached hydrogen (secondary N) is 2. The lowest BCUT2D eigenvalue weighted by molar-refractivity contribution is 0.0894. The third-order valence-corrected chi connectivity index (χ3v) is 5.47. The Bertz CT molecular complexity index is 879. The number of ether oxygens (including phenoxy) is 1. The van der Waals surface area contributed by atoms with Gasteiger partial charge in [0.2, 0.25) is 0 Å². The molecule has 2 N–H and O–H groups in total. The maximum absolute atomic E-state index is 6.09. The summed E-state index contributed by atoms with van der Waals surface area (Å²) in [5, 5.41) is 9.51. The molecule has 2 atom stereocenters. The van der Waals surface area contributed by atoms with Crippen LogP contribution in [-0.4, -0.2) is 27.9 Å². The Labute approximate surface area is 148 Å². The first-order chi connectivity index (χ1) is 12.1. The lowest BCUT2D eigenvalue weighted by Gasteiger charge is -2.20. The van der Waals surface area contributed by atoms with Gasteiger partial charge in [0.25, 0.3) is 0 Å². The molecule has 132 valence electrons. The molecular weight excluding hydrogens is 312 g/mol. The van der Waals surface area contributed by atoms with E-state index in [-0.39, 0.29) is 6.10 Å². The Balaban J connectivity index is 1.44. The summed E-state index contributed by atoms with van der Waals surface area (Å²) in [5.41, 5.74) is 6.12. The van der Waals surface area contributed by atoms with Crippen molar-refractivity contribution in [2.45, 2.75) is 32.9 Å². The molecule has 1 aromatic carbocycles. The second-order valence-corrected chi connectivity index (χ2v) is 7.04. The van der Waals surface area contributed by atoms with E-state index in [9.17, 15) is 0 Å². The molecule has 1 aliphatic heterocycles. The first-order valence-electron chi connectivity index (χ1n) is 9.02. The summed E-state index contributed by atoms with van der Waals surface area (Å²) in [7, 11) is 2.01. The number of aromatic amines is 1. The summed E-state index contributed by atoms with van der Waals surface area (Å²) >= 11 is 0. The molecule has 1 fully saturated rings. The number of benzene rings is 1. The zero-order chi connectivity index (χ0) is 17.4. The lowest BCUT2D eigenvalue weighted by atomic mass is 9.94. The van der Waals surface area contributed by atoms with Gasteiger partial charge in [-0.15, -0.1) is 0 Å². The van der Waals surface area contributed by atoms with Crippen molar-refractivity contribution in [2.24, 2.45) is 13.0 Å². The largest absolute Gasteiger partial charge is 0.373 e. The lowest BCUT2D eigenvalue weighted by Crippen LogP contribution is -2.25. The van der Waals surface area contributed by atoms with Crippen molar-refractivity contribution in [2.75, 3.05) is 13.2 Å². The molecule has 1 saturated heterocycles. The highest BCUT2D eigenvalue weighted by atomic mass is 16.5. The predicted molar refractivity (Wildman–Crippen MR) is 99.5 cm³/mol. The van der Waals surface area contributed by atoms with Gasteiger partial charge in [0.05, 0.1) is 11.8 Å². The maximum atomic E-state index is 6.09. The van der Waals surface area contributed by atoms with E-state index in [4.69, 9.17) is 4.74 Å². The summed E-state index contributed by atoms with van der Waals surface area (Å²) in [6.45, 7) is 6.88. The SMILES string of the molecule is Cc1nn(C)c(C)c1[C@@H]1OCC[C@H]1CNCc1cccc2[nH]ccc12. The van der Waals surface area contributed by atoms with Gasteiger partial charge in [-0.1, -0.05) is 12.1 Å². The first-order valence-corrected chi connectivity index (χ1v) is 9.02. The maximum Gasteiger partial charge on any atom is 0.0901 e. The van der Waals surface area contributed by atoms with Gasteiger partial charge < -0.3 is 15.0 Å². The molecule has 25 heavy (non-hydrogen) atoms. The standard InChI is InChI=1S/C20H26N4O/c1-13-19(14(2)24(3)23-13)20-16(8-10-25-20)12-21-11-15-5-4-6-18-17(15)7-9-22-18/h4-7,9,16,20-22H,8,10-12H2,1-3H3/t16-,20+/m0/s1. The van der Waals surface area contributed by atoms with Crippen molar-refractivity contribution in [3.05, 3.63) is 53.0 Å². The van der Waals surface area contributed by atoms with Crippen LogP contribution >= 0.6 is 0 Å². The number of aryl methyl sites for hydroxylation is 2. The Morgan fingerprint density at radius 3 is 3.00 bits per heavy atom. The van der Waals surface area contributed by atoms with E-state index in [1.54, 1.807) is 0 Å². The quantitative estimate of drug-likeness (QED) is 0.750. The molecule has 4 rings (SSSR count). The van der Waals surface area contributed by atoms with Gasteiger partial charge in [-0.25, -0.2) is 0 Å². The van der Waals surface area contributed by atoms with Crippen LogP contribution in [0, 0.1) is 19.8 Å². The van der Waals surface area contributed by atoms with Crippen molar-refractivity contribution in [1.29, 1.82) is 0 Å². The molecule has 0 amide bonds. The van der Waals surface area contributed by atoms with Crippen LogP contribution in [0.3, 0.4) is 0 Å². The van der Waals surface area contributed by atoms with Crippen molar-refractivity contribution >= 4 is 10.9 Å². The zero-order valence-electron chi connectivity index (χ0n) is 15.2. The van der Waals surface area contributed by atoms with Crippen LogP contribution in [0.2, 0.25) is 0 Å². The normalized spacial score (nSPS) is 20.6. The number of aromatic nitrogens is 3. The Kier molecular flexibility index (Phi) is 4.36. The number of fused-ring (bicyclic) bond motifs is 1. The van der Waals surface area contributed by atoms with Crippen LogP contribution in [0.15, 0.2) is 30.5 Å². The van der Waals surface area contributed by atoms with Gasteiger partial charge in [-0.2, -0.15) is 5.10 Å². The third-order valence-electron chi connectivity index (χ3n) is 5.47. The second kappa shape index (κ2) is 6.65. The molecule has 5 nitrogen and oxygen atoms in total. The molecule has 3 aromatic rings. The molecule has 0 unspecified atom stereocenters. The predicted octanol–water partition coefficient (Wildman–Crippen LogP) is 3.39. The minimum atomic E-state index is 0.157. The van der Waals surface area contributed by atoms with E-state index in [0.29, 0.717) is 5.92 Å². The van der Waals surface area contributed by atoms with Crippen molar-refractivity contribution in [1.82, 2.24) is 20.1 Å². The van der Waals surface area contributed by atoms with E-state index >= 15 is 0 Å². The summed E-state index contributed by atoms with van der Waals surface area (Å²) in [5.74, 6) is 0.493. The van der Waals surface area contributed by atoms with Crippen molar-refractivity contribution < 1.29 is 4.74 Å². The molecule has 1 aliphatic rings. The van der Waals surface area contributed by atoms with Crippen LogP contribution < -0.4 is 5.32 Å². The van der Waals surface area contributed by atoms with Gasteiger partial charge >= 0.3 is 0 Å². The van der Waals surface area contributed by atoms with Gasteiger partial charge in [0.15, 0.2) is 0 Å². The summed E-state index contributed by atoms with van der Waals surface area (Å²) in [6, 6.07) is 8.57. The highest BCUT2D eigenvalue weighted by molar-refractivity contribution is 5.82. The van der Waals surface area contributed by atoms with Crippen molar-refractivity contribution in [3.8, 4) is 0 Å². The third kappa shape index (κ3) is 2.98. The topological polar surface area (TPSA) is 54.9 Å². The van der Waals surface area contributed by atoms with E-state index in [2.05, 4.69) is 53.5 Å². The Morgan fingerprint density at radius 1 is 1.32 bits per heavy atom. The number of hydrogen-bond donors (Lipinski definition) is 2. The van der Waals surface area contributed by atoms with Crippen LogP contribution in [-0.2, 0) is 18.3 Å². The molecule has 3 heterocycles. The van der Waals surface area contributed by atoms with Gasteiger partial charge in [0.1, 0.15) is 0 Å². The molecule has 0 bridgehead atoms. The van der Waals surface area contributed by atoms with Gasteiger partial charge in [-0.05, 0) is 38.0 Å². The first kappa shape index (κ1) is 16.4. The Hall–Kier alpha value is -2.11. The van der Waals surface area contributed by atoms with Crippen LogP contribution in [0.1, 0.15) is 35.0 Å². The minimum Gasteiger partial charge on any atom is -0.373 e. The number of rotatable bonds is 5. The van der Waals surface area contributed by atoms with Gasteiger partial charge in [0, 0.05) is 61.0 Å². The summed E-state index contributed by atoms with van der Waals surface area (Å²) in [6.07, 6.45) is 3.26. The fourth-order valence-corrected chi connectivity index (χ4v) is 4.06.